The molecule has 1 heterocycles. The molecule has 0 spiro atoms. The molecule has 1 rings (SSSR count). The highest BCUT2D eigenvalue weighted by molar-refractivity contribution is 5.78. The lowest BCUT2D eigenvalue weighted by atomic mass is 9.99. The minimum atomic E-state index is 0.142. The molecule has 0 unspecified atom stereocenters. The largest absolute Gasteiger partial charge is 0.353 e. The van der Waals surface area contributed by atoms with E-state index in [1.165, 1.54) is 6.42 Å². The molecule has 1 saturated heterocycles. The Kier molecular flexibility index (Phi) is 5.77. The Morgan fingerprint density at radius 2 is 2.19 bits per heavy atom. The maximum absolute atomic E-state index is 11.6. The third-order valence-corrected chi connectivity index (χ3v) is 2.98. The lowest BCUT2D eigenvalue weighted by molar-refractivity contribution is -0.122. The summed E-state index contributed by atoms with van der Waals surface area (Å²) >= 11 is 0. The van der Waals surface area contributed by atoms with Crippen molar-refractivity contribution in [1.82, 2.24) is 15.5 Å². The second kappa shape index (κ2) is 6.86. The maximum Gasteiger partial charge on any atom is 0.234 e. The zero-order valence-electron chi connectivity index (χ0n) is 10.8. The average molecular weight is 227 g/mol. The monoisotopic (exact) mass is 227 g/mol. The van der Waals surface area contributed by atoms with Crippen molar-refractivity contribution in [1.29, 1.82) is 0 Å². The summed E-state index contributed by atoms with van der Waals surface area (Å²) in [4.78, 5) is 13.8. The predicted octanol–water partition coefficient (Wildman–Crippen LogP) is 0.442. The van der Waals surface area contributed by atoms with Gasteiger partial charge in [0.05, 0.1) is 6.54 Å². The van der Waals surface area contributed by atoms with E-state index in [-0.39, 0.29) is 11.9 Å². The fourth-order valence-electron chi connectivity index (χ4n) is 1.84. The highest BCUT2D eigenvalue weighted by atomic mass is 16.2. The average Bonchev–Trinajstić information content (AvgIpc) is 2.12. The molecule has 0 bridgehead atoms. The number of carbonyl (C=O) groups is 1. The van der Waals surface area contributed by atoms with Gasteiger partial charge in [-0.3, -0.25) is 9.69 Å². The van der Waals surface area contributed by atoms with Crippen molar-refractivity contribution in [2.75, 3.05) is 32.7 Å². The van der Waals surface area contributed by atoms with Crippen molar-refractivity contribution < 1.29 is 4.79 Å². The molecule has 1 fully saturated rings. The summed E-state index contributed by atoms with van der Waals surface area (Å²) in [5, 5.41) is 6.20. The molecule has 0 aliphatic carbocycles. The van der Waals surface area contributed by atoms with Crippen LogP contribution in [0.25, 0.3) is 0 Å². The fourth-order valence-corrected chi connectivity index (χ4v) is 1.84. The minimum Gasteiger partial charge on any atom is -0.353 e. The Hall–Kier alpha value is -0.610. The second-order valence-electron chi connectivity index (χ2n) is 4.90. The molecule has 1 aliphatic rings. The predicted molar refractivity (Wildman–Crippen MR) is 66.4 cm³/mol. The molecule has 0 radical (unpaired) electrons. The van der Waals surface area contributed by atoms with E-state index in [2.05, 4.69) is 22.5 Å². The first-order valence-corrected chi connectivity index (χ1v) is 6.34. The van der Waals surface area contributed by atoms with Gasteiger partial charge in [-0.15, -0.1) is 0 Å². The molecular weight excluding hydrogens is 202 g/mol. The summed E-state index contributed by atoms with van der Waals surface area (Å²) in [6.45, 7) is 10.9. The van der Waals surface area contributed by atoms with Crippen molar-refractivity contribution in [3.8, 4) is 0 Å². The van der Waals surface area contributed by atoms with Crippen LogP contribution in [0.15, 0.2) is 0 Å². The van der Waals surface area contributed by atoms with Gasteiger partial charge in [0.1, 0.15) is 0 Å². The van der Waals surface area contributed by atoms with Crippen molar-refractivity contribution in [3.05, 3.63) is 0 Å². The van der Waals surface area contributed by atoms with Gasteiger partial charge in [0.2, 0.25) is 5.91 Å². The molecule has 4 nitrogen and oxygen atoms in total. The molecule has 0 aromatic carbocycles. The summed E-state index contributed by atoms with van der Waals surface area (Å²) in [5.74, 6) is 0.964. The summed E-state index contributed by atoms with van der Waals surface area (Å²) in [7, 11) is 0. The van der Waals surface area contributed by atoms with Crippen LogP contribution in [0.5, 0.6) is 0 Å². The van der Waals surface area contributed by atoms with E-state index in [1.807, 2.05) is 13.8 Å². The molecule has 2 N–H and O–H groups in total. The molecule has 0 aromatic rings. The molecule has 16 heavy (non-hydrogen) atoms. The number of carbonyl (C=O) groups excluding carboxylic acids is 1. The van der Waals surface area contributed by atoms with E-state index in [0.717, 1.165) is 32.1 Å². The summed E-state index contributed by atoms with van der Waals surface area (Å²) < 4.78 is 0. The van der Waals surface area contributed by atoms with Crippen LogP contribution in [0.3, 0.4) is 0 Å². The van der Waals surface area contributed by atoms with E-state index in [4.69, 9.17) is 0 Å². The molecule has 94 valence electrons. The Morgan fingerprint density at radius 3 is 2.62 bits per heavy atom. The minimum absolute atomic E-state index is 0.142. The Morgan fingerprint density at radius 1 is 1.50 bits per heavy atom. The lowest BCUT2D eigenvalue weighted by Gasteiger charge is -2.29. The van der Waals surface area contributed by atoms with Crippen molar-refractivity contribution in [3.63, 3.8) is 0 Å². The Labute approximate surface area is 98.8 Å². The van der Waals surface area contributed by atoms with Crippen LogP contribution >= 0.6 is 0 Å². The highest BCUT2D eigenvalue weighted by Gasteiger charge is 2.18. The van der Waals surface area contributed by atoms with Gasteiger partial charge in [-0.1, -0.05) is 6.92 Å². The number of amides is 1. The van der Waals surface area contributed by atoms with E-state index < -0.39 is 0 Å². The van der Waals surface area contributed by atoms with Crippen molar-refractivity contribution in [2.24, 2.45) is 5.92 Å². The van der Waals surface area contributed by atoms with Crippen LogP contribution in [0.4, 0.5) is 0 Å². The molecular formula is C12H25N3O. The SMILES string of the molecule is CCN(CCC1CNC1)CC(=O)NC(C)C. The smallest absolute Gasteiger partial charge is 0.234 e. The van der Waals surface area contributed by atoms with Crippen LogP contribution in [0.1, 0.15) is 27.2 Å². The fraction of sp³-hybridized carbons (Fsp3) is 0.917. The number of nitrogens with one attached hydrogen (secondary N) is 2. The van der Waals surface area contributed by atoms with Crippen molar-refractivity contribution in [2.45, 2.75) is 33.2 Å². The first-order valence-electron chi connectivity index (χ1n) is 6.34. The third kappa shape index (κ3) is 4.94. The van der Waals surface area contributed by atoms with Gasteiger partial charge in [-0.05, 0) is 52.4 Å². The summed E-state index contributed by atoms with van der Waals surface area (Å²) in [6, 6.07) is 0.238. The second-order valence-corrected chi connectivity index (χ2v) is 4.90. The number of rotatable bonds is 7. The van der Waals surface area contributed by atoms with Crippen molar-refractivity contribution >= 4 is 5.91 Å². The van der Waals surface area contributed by atoms with Gasteiger partial charge in [0.25, 0.3) is 0 Å². The molecule has 0 saturated carbocycles. The van der Waals surface area contributed by atoms with E-state index in [0.29, 0.717) is 6.54 Å². The summed E-state index contributed by atoms with van der Waals surface area (Å²) in [5.41, 5.74) is 0. The molecule has 0 aromatic heterocycles. The number of likely N-dealkylation sites (N-methyl/N-ethyl adjacent to an activating group) is 1. The van der Waals surface area contributed by atoms with Gasteiger partial charge >= 0.3 is 0 Å². The standard InChI is InChI=1S/C12H25N3O/c1-4-15(6-5-11-7-13-8-11)9-12(16)14-10(2)3/h10-11,13H,4-9H2,1-3H3,(H,14,16). The van der Waals surface area contributed by atoms with Crippen LogP contribution in [-0.4, -0.2) is 49.6 Å². The first kappa shape index (κ1) is 13.5. The third-order valence-electron chi connectivity index (χ3n) is 2.98. The van der Waals surface area contributed by atoms with Gasteiger partial charge in [-0.25, -0.2) is 0 Å². The zero-order chi connectivity index (χ0) is 12.0. The Bertz CT molecular complexity index is 214. The van der Waals surface area contributed by atoms with Crippen LogP contribution in [0, 0.1) is 5.92 Å². The molecule has 0 atom stereocenters. The zero-order valence-corrected chi connectivity index (χ0v) is 10.8. The Balaban J connectivity index is 2.16. The maximum atomic E-state index is 11.6. The highest BCUT2D eigenvalue weighted by Crippen LogP contribution is 2.08. The van der Waals surface area contributed by atoms with Crippen LogP contribution in [-0.2, 0) is 4.79 Å². The molecule has 4 heteroatoms. The number of nitrogens with zero attached hydrogens (tertiary/aromatic N) is 1. The number of hydrogen-bond donors (Lipinski definition) is 2. The van der Waals surface area contributed by atoms with Gasteiger partial charge in [0.15, 0.2) is 0 Å². The van der Waals surface area contributed by atoms with Crippen LogP contribution < -0.4 is 10.6 Å². The summed E-state index contributed by atoms with van der Waals surface area (Å²) in [6.07, 6.45) is 1.20. The van der Waals surface area contributed by atoms with Crippen LogP contribution in [0.2, 0.25) is 0 Å². The van der Waals surface area contributed by atoms with Gasteiger partial charge in [0, 0.05) is 6.04 Å². The van der Waals surface area contributed by atoms with E-state index in [9.17, 15) is 4.79 Å². The first-order chi connectivity index (χ1) is 7.61. The normalized spacial score (nSPS) is 16.6. The topological polar surface area (TPSA) is 44.4 Å². The number of hydrogen-bond acceptors (Lipinski definition) is 3. The quantitative estimate of drug-likeness (QED) is 0.663. The van der Waals surface area contributed by atoms with E-state index in [1.54, 1.807) is 0 Å². The molecule has 1 aliphatic heterocycles. The molecule has 1 amide bonds. The lowest BCUT2D eigenvalue weighted by Crippen LogP contribution is -2.45. The van der Waals surface area contributed by atoms with Gasteiger partial charge in [-0.2, -0.15) is 0 Å². The van der Waals surface area contributed by atoms with Gasteiger partial charge < -0.3 is 10.6 Å². The van der Waals surface area contributed by atoms with E-state index >= 15 is 0 Å².